The van der Waals surface area contributed by atoms with Crippen LogP contribution in [0.15, 0.2) is 5.10 Å². The molecule has 1 N–H and O–H groups in total. The van der Waals surface area contributed by atoms with Gasteiger partial charge in [-0.2, -0.15) is 5.10 Å². The lowest BCUT2D eigenvalue weighted by molar-refractivity contribution is 0.683. The summed E-state index contributed by atoms with van der Waals surface area (Å²) in [5, 5.41) is 5.70. The third-order valence-corrected chi connectivity index (χ3v) is 2.21. The predicted molar refractivity (Wildman–Crippen MR) is 37.9 cm³/mol. The van der Waals surface area contributed by atoms with Crippen LogP contribution in [-0.2, 0) is 0 Å². The number of nitrogens with one attached hydrogen (secondary N) is 1. The number of hydrogen-bond donors (Lipinski definition) is 1. The smallest absolute Gasteiger partial charge is 0.0947 e. The topological polar surface area (TPSA) is 24.4 Å². The van der Waals surface area contributed by atoms with Crippen LogP contribution < -0.4 is 5.43 Å². The fourth-order valence-corrected chi connectivity index (χ4v) is 1.39. The van der Waals surface area contributed by atoms with E-state index < -0.39 is 0 Å². The van der Waals surface area contributed by atoms with Gasteiger partial charge in [0.25, 0.3) is 0 Å². The van der Waals surface area contributed by atoms with Crippen molar-refractivity contribution in [3.8, 4) is 0 Å². The monoisotopic (exact) mass is 130 g/mol. The summed E-state index contributed by atoms with van der Waals surface area (Å²) in [6.07, 6.45) is 1.14. The average Bonchev–Trinajstić information content (AvgIpc) is 2.14. The fourth-order valence-electron chi connectivity index (χ4n) is 0.596. The van der Waals surface area contributed by atoms with E-state index in [-0.39, 0.29) is 0 Å². The zero-order chi connectivity index (χ0) is 5.98. The van der Waals surface area contributed by atoms with Gasteiger partial charge in [0.2, 0.25) is 0 Å². The molecule has 1 rings (SSSR count). The van der Waals surface area contributed by atoms with Crippen molar-refractivity contribution in [2.75, 3.05) is 0 Å². The number of thioether (sulfide) groups is 1. The minimum Gasteiger partial charge on any atom is -0.296 e. The molecule has 0 saturated carbocycles. The summed E-state index contributed by atoms with van der Waals surface area (Å²) < 4.78 is 0. The van der Waals surface area contributed by atoms with Crippen molar-refractivity contribution in [3.63, 3.8) is 0 Å². The second kappa shape index (κ2) is 2.40. The van der Waals surface area contributed by atoms with Crippen molar-refractivity contribution in [1.82, 2.24) is 5.43 Å². The predicted octanol–water partition coefficient (Wildman–Crippen LogP) is 1.39. The number of rotatable bonds is 1. The first-order valence-electron chi connectivity index (χ1n) is 2.79. The van der Waals surface area contributed by atoms with Crippen LogP contribution in [0.3, 0.4) is 0 Å². The molecule has 8 heavy (non-hydrogen) atoms. The zero-order valence-corrected chi connectivity index (χ0v) is 5.96. The number of nitrogens with zero attached hydrogens (tertiary/aromatic N) is 1. The number of hydrogen-bond acceptors (Lipinski definition) is 3. The van der Waals surface area contributed by atoms with E-state index in [1.165, 1.54) is 0 Å². The first-order valence-corrected chi connectivity index (χ1v) is 3.67. The Labute approximate surface area is 53.7 Å². The highest BCUT2D eigenvalue weighted by atomic mass is 32.2. The number of hydrazone groups is 1. The molecule has 0 aromatic carbocycles. The lowest BCUT2D eigenvalue weighted by Gasteiger charge is -2.01. The van der Waals surface area contributed by atoms with E-state index in [4.69, 9.17) is 0 Å². The van der Waals surface area contributed by atoms with Crippen molar-refractivity contribution in [1.29, 1.82) is 0 Å². The highest BCUT2D eigenvalue weighted by molar-refractivity contribution is 8.14. The highest BCUT2D eigenvalue weighted by Crippen LogP contribution is 2.18. The summed E-state index contributed by atoms with van der Waals surface area (Å²) in [5.74, 6) is 0. The van der Waals surface area contributed by atoms with Crippen molar-refractivity contribution in [2.45, 2.75) is 25.6 Å². The summed E-state index contributed by atoms with van der Waals surface area (Å²) in [6, 6.07) is 0. The van der Waals surface area contributed by atoms with Gasteiger partial charge in [-0.3, -0.25) is 5.43 Å². The van der Waals surface area contributed by atoms with Gasteiger partial charge in [-0.25, -0.2) is 0 Å². The molecule has 0 fully saturated rings. The molecule has 1 aliphatic heterocycles. The summed E-state index contributed by atoms with van der Waals surface area (Å²) >= 11 is 1.80. The highest BCUT2D eigenvalue weighted by Gasteiger charge is 2.11. The molecule has 0 radical (unpaired) electrons. The Morgan fingerprint density at radius 3 is 2.88 bits per heavy atom. The quantitative estimate of drug-likeness (QED) is 0.580. The summed E-state index contributed by atoms with van der Waals surface area (Å²) in [4.78, 5) is 0. The Kier molecular flexibility index (Phi) is 1.78. The molecule has 0 aromatic heterocycles. The zero-order valence-electron chi connectivity index (χ0n) is 5.14. The molecule has 0 aromatic rings. The molecule has 2 nitrogen and oxygen atoms in total. The van der Waals surface area contributed by atoms with Gasteiger partial charge in [-0.15, -0.1) is 0 Å². The third kappa shape index (κ3) is 1.15. The Morgan fingerprint density at radius 2 is 2.62 bits per heavy atom. The van der Waals surface area contributed by atoms with Gasteiger partial charge in [0.1, 0.15) is 0 Å². The van der Waals surface area contributed by atoms with E-state index in [0.717, 1.165) is 11.5 Å². The van der Waals surface area contributed by atoms with Gasteiger partial charge < -0.3 is 0 Å². The van der Waals surface area contributed by atoms with E-state index in [1.807, 2.05) is 6.92 Å². The van der Waals surface area contributed by atoms with Gasteiger partial charge in [0.05, 0.1) is 10.4 Å². The maximum atomic E-state index is 4.02. The Morgan fingerprint density at radius 1 is 1.88 bits per heavy atom. The van der Waals surface area contributed by atoms with E-state index in [9.17, 15) is 0 Å². The Hall–Kier alpha value is -0.180. The van der Waals surface area contributed by atoms with Crippen LogP contribution in [0.1, 0.15) is 20.3 Å². The van der Waals surface area contributed by atoms with Crippen LogP contribution in [0, 0.1) is 0 Å². The minimum absolute atomic E-state index is 0.537. The van der Waals surface area contributed by atoms with E-state index in [1.54, 1.807) is 11.8 Å². The van der Waals surface area contributed by atoms with Crippen LogP contribution in [0.2, 0.25) is 0 Å². The van der Waals surface area contributed by atoms with Crippen molar-refractivity contribution < 1.29 is 0 Å². The second-order valence-electron chi connectivity index (χ2n) is 1.77. The maximum absolute atomic E-state index is 4.02. The molecule has 0 spiro atoms. The molecule has 0 aliphatic carbocycles. The molecule has 3 heteroatoms. The molecule has 1 aliphatic rings. The summed E-state index contributed by atoms with van der Waals surface area (Å²) in [6.45, 7) is 4.17. The van der Waals surface area contributed by atoms with Crippen LogP contribution in [0.5, 0.6) is 0 Å². The lowest BCUT2D eigenvalue weighted by Crippen LogP contribution is -2.13. The average molecular weight is 130 g/mol. The van der Waals surface area contributed by atoms with Gasteiger partial charge >= 0.3 is 0 Å². The molecule has 46 valence electrons. The van der Waals surface area contributed by atoms with Crippen molar-refractivity contribution >= 4 is 16.8 Å². The first kappa shape index (κ1) is 5.95. The Bertz CT molecular complexity index is 111. The summed E-state index contributed by atoms with van der Waals surface area (Å²) in [7, 11) is 0. The SMILES string of the molecule is CCC1NN=C(C)S1. The summed E-state index contributed by atoms with van der Waals surface area (Å²) in [5.41, 5.74) is 3.01. The lowest BCUT2D eigenvalue weighted by atomic mass is 10.5. The van der Waals surface area contributed by atoms with E-state index in [2.05, 4.69) is 17.5 Å². The molecular formula is C5H10N2S. The van der Waals surface area contributed by atoms with Gasteiger partial charge in [-0.05, 0) is 13.3 Å². The third-order valence-electron chi connectivity index (χ3n) is 1.05. The van der Waals surface area contributed by atoms with Crippen molar-refractivity contribution in [2.24, 2.45) is 5.10 Å². The van der Waals surface area contributed by atoms with E-state index >= 15 is 0 Å². The largest absolute Gasteiger partial charge is 0.296 e. The van der Waals surface area contributed by atoms with Gasteiger partial charge in [0, 0.05) is 0 Å². The second-order valence-corrected chi connectivity index (χ2v) is 3.17. The Balaban J connectivity index is 2.32. The van der Waals surface area contributed by atoms with Gasteiger partial charge in [-0.1, -0.05) is 18.7 Å². The van der Waals surface area contributed by atoms with Crippen molar-refractivity contribution in [3.05, 3.63) is 0 Å². The minimum atomic E-state index is 0.537. The maximum Gasteiger partial charge on any atom is 0.0947 e. The molecule has 0 amide bonds. The standard InChI is InChI=1S/C5H10N2S/c1-3-5-7-6-4(2)8-5/h5,7H,3H2,1-2H3. The molecule has 1 unspecified atom stereocenters. The van der Waals surface area contributed by atoms with Crippen LogP contribution in [-0.4, -0.2) is 10.4 Å². The fraction of sp³-hybridized carbons (Fsp3) is 0.800. The van der Waals surface area contributed by atoms with Gasteiger partial charge in [0.15, 0.2) is 0 Å². The molecule has 1 atom stereocenters. The molecular weight excluding hydrogens is 120 g/mol. The normalized spacial score (nSPS) is 27.2. The molecule has 0 bridgehead atoms. The van der Waals surface area contributed by atoms with Crippen LogP contribution >= 0.6 is 11.8 Å². The van der Waals surface area contributed by atoms with Crippen LogP contribution in [0.4, 0.5) is 0 Å². The first-order chi connectivity index (χ1) is 3.83. The van der Waals surface area contributed by atoms with E-state index in [0.29, 0.717) is 5.37 Å². The molecule has 0 saturated heterocycles. The van der Waals surface area contributed by atoms with Crippen LogP contribution in [0.25, 0.3) is 0 Å². The molecule has 1 heterocycles.